The fourth-order valence-corrected chi connectivity index (χ4v) is 5.38. The third kappa shape index (κ3) is 4.66. The normalized spacial score (nSPS) is 16.4. The predicted molar refractivity (Wildman–Crippen MR) is 139 cm³/mol. The number of hydrogen-bond acceptors (Lipinski definition) is 4. The Kier molecular flexibility index (Phi) is 7.11. The smallest absolute Gasteiger partial charge is 0.343 e. The van der Waals surface area contributed by atoms with Crippen molar-refractivity contribution in [1.82, 2.24) is 0 Å². The number of halogens is 1. The van der Waals surface area contributed by atoms with Gasteiger partial charge in [0.2, 0.25) is 0 Å². The third-order valence-corrected chi connectivity index (χ3v) is 7.21. The molecule has 1 aromatic heterocycles. The van der Waals surface area contributed by atoms with E-state index in [0.29, 0.717) is 17.7 Å². The predicted octanol–water partition coefficient (Wildman–Crippen LogP) is 2.93. The van der Waals surface area contributed by atoms with E-state index in [1.807, 2.05) is 60.3 Å². The van der Waals surface area contributed by atoms with E-state index in [-0.39, 0.29) is 35.7 Å². The van der Waals surface area contributed by atoms with Crippen molar-refractivity contribution in [1.29, 1.82) is 0 Å². The highest BCUT2D eigenvalue weighted by atomic mass is 127. The number of carbonyl (C=O) groups excluding carboxylic acids is 2. The number of rotatable bonds is 4. The van der Waals surface area contributed by atoms with Gasteiger partial charge in [-0.15, -0.1) is 0 Å². The van der Waals surface area contributed by atoms with Crippen molar-refractivity contribution in [3.8, 4) is 5.75 Å². The van der Waals surface area contributed by atoms with Crippen LogP contribution in [0.4, 0.5) is 5.69 Å². The summed E-state index contributed by atoms with van der Waals surface area (Å²) in [6.07, 6.45) is 6.04. The van der Waals surface area contributed by atoms with Gasteiger partial charge in [0.05, 0.1) is 5.56 Å². The molecule has 1 aliphatic carbocycles. The fourth-order valence-electron chi connectivity index (χ4n) is 5.38. The standard InChI is InChI=1S/C31H26N2O3.HI/c1-2-33-18-16-22(17-19-33)31(35)36-23-13-10-21(11-14-23)28-29-24-7-4-3-6-20(24)12-15-26(29)32-25-8-5-9-27(34)30(25)28;/h3-4,6-7,10-19,28H,2,5,8-9H2,1H3;1H. The van der Waals surface area contributed by atoms with Gasteiger partial charge in [-0.2, -0.15) is 0 Å². The molecule has 4 aromatic rings. The monoisotopic (exact) mass is 602 g/mol. The first-order valence-electron chi connectivity index (χ1n) is 12.5. The van der Waals surface area contributed by atoms with Crippen LogP contribution in [0.2, 0.25) is 0 Å². The molecule has 0 bridgehead atoms. The van der Waals surface area contributed by atoms with Crippen LogP contribution in [-0.4, -0.2) is 11.8 Å². The summed E-state index contributed by atoms with van der Waals surface area (Å²) in [5, 5.41) is 5.86. The molecule has 2 heterocycles. The molecular weight excluding hydrogens is 575 g/mol. The summed E-state index contributed by atoms with van der Waals surface area (Å²) in [5.74, 6) is 0.124. The van der Waals surface area contributed by atoms with Gasteiger partial charge in [0.1, 0.15) is 12.3 Å². The van der Waals surface area contributed by atoms with Gasteiger partial charge in [0.25, 0.3) is 0 Å². The van der Waals surface area contributed by atoms with Crippen LogP contribution in [0.1, 0.15) is 53.6 Å². The van der Waals surface area contributed by atoms with Crippen LogP contribution in [0, 0.1) is 0 Å². The number of nitrogens with zero attached hydrogens (tertiary/aromatic N) is 1. The number of hydrogen-bond donors (Lipinski definition) is 1. The maximum atomic E-state index is 13.2. The highest BCUT2D eigenvalue weighted by molar-refractivity contribution is 6.04. The molecule has 0 fully saturated rings. The quantitative estimate of drug-likeness (QED) is 0.169. The van der Waals surface area contributed by atoms with Crippen LogP contribution in [0.15, 0.2) is 96.5 Å². The fraction of sp³-hybridized carbons (Fsp3) is 0.194. The number of aromatic nitrogens is 1. The lowest BCUT2D eigenvalue weighted by Gasteiger charge is -2.35. The lowest BCUT2D eigenvalue weighted by atomic mass is 9.74. The lowest BCUT2D eigenvalue weighted by molar-refractivity contribution is -0.693. The summed E-state index contributed by atoms with van der Waals surface area (Å²) in [6, 6.07) is 23.7. The maximum Gasteiger partial charge on any atom is 0.343 e. The Labute approximate surface area is 233 Å². The summed E-state index contributed by atoms with van der Waals surface area (Å²) >= 11 is 0. The minimum Gasteiger partial charge on any atom is -1.00 e. The van der Waals surface area contributed by atoms with Crippen molar-refractivity contribution in [3.63, 3.8) is 0 Å². The highest BCUT2D eigenvalue weighted by Gasteiger charge is 2.36. The summed E-state index contributed by atoms with van der Waals surface area (Å²) in [7, 11) is 0. The molecular formula is C31H27IN2O3. The number of benzene rings is 3. The topological polar surface area (TPSA) is 59.3 Å². The second-order valence-electron chi connectivity index (χ2n) is 9.35. The van der Waals surface area contributed by atoms with Gasteiger partial charge in [0.15, 0.2) is 18.2 Å². The molecule has 1 aliphatic heterocycles. The van der Waals surface area contributed by atoms with Crippen LogP contribution in [0.5, 0.6) is 5.75 Å². The minimum atomic E-state index is -0.392. The molecule has 0 spiro atoms. The Morgan fingerprint density at radius 1 is 0.973 bits per heavy atom. The molecule has 0 amide bonds. The highest BCUT2D eigenvalue weighted by Crippen LogP contribution is 2.48. The van der Waals surface area contributed by atoms with Crippen molar-refractivity contribution in [3.05, 3.63) is 113 Å². The van der Waals surface area contributed by atoms with Gasteiger partial charge < -0.3 is 34.0 Å². The van der Waals surface area contributed by atoms with Crippen LogP contribution >= 0.6 is 0 Å². The van der Waals surface area contributed by atoms with E-state index in [4.69, 9.17) is 4.74 Å². The number of esters is 1. The Bertz CT molecular complexity index is 1520. The average molecular weight is 602 g/mol. The molecule has 5 nitrogen and oxygen atoms in total. The third-order valence-electron chi connectivity index (χ3n) is 7.21. The second-order valence-corrected chi connectivity index (χ2v) is 9.35. The van der Waals surface area contributed by atoms with E-state index in [2.05, 4.69) is 29.6 Å². The molecule has 6 heteroatoms. The summed E-state index contributed by atoms with van der Waals surface area (Å²) in [5.41, 5.74) is 5.59. The van der Waals surface area contributed by atoms with Crippen molar-refractivity contribution in [2.45, 2.75) is 38.6 Å². The van der Waals surface area contributed by atoms with E-state index in [9.17, 15) is 9.59 Å². The number of Topliss-reactive ketones (excluding diaryl/α,β-unsaturated/α-hetero) is 1. The number of fused-ring (bicyclic) bond motifs is 3. The maximum absolute atomic E-state index is 13.2. The van der Waals surface area contributed by atoms with E-state index in [0.717, 1.165) is 58.2 Å². The van der Waals surface area contributed by atoms with E-state index < -0.39 is 5.97 Å². The summed E-state index contributed by atoms with van der Waals surface area (Å²) in [4.78, 5) is 25.9. The van der Waals surface area contributed by atoms with Crippen LogP contribution in [0.3, 0.4) is 0 Å². The van der Waals surface area contributed by atoms with E-state index in [1.165, 1.54) is 0 Å². The SMILES string of the molecule is CC[n+]1ccc(C(=O)Oc2ccc(C3C4=C(CCCC4=O)Nc4ccc5ccccc5c43)cc2)cc1.[I-]. The van der Waals surface area contributed by atoms with Gasteiger partial charge >= 0.3 is 5.97 Å². The van der Waals surface area contributed by atoms with Crippen molar-refractivity contribution >= 4 is 28.2 Å². The molecule has 6 rings (SSSR count). The van der Waals surface area contributed by atoms with Crippen molar-refractivity contribution in [2.24, 2.45) is 0 Å². The minimum absolute atomic E-state index is 0. The Morgan fingerprint density at radius 2 is 1.73 bits per heavy atom. The van der Waals surface area contributed by atoms with Gasteiger partial charge in [0, 0.05) is 41.4 Å². The van der Waals surface area contributed by atoms with Crippen molar-refractivity contribution < 1.29 is 42.9 Å². The number of aryl methyl sites for hydroxylation is 1. The Balaban J connectivity index is 0.00000280. The summed E-state index contributed by atoms with van der Waals surface area (Å²) in [6.45, 7) is 2.88. The molecule has 3 aromatic carbocycles. The Morgan fingerprint density at radius 3 is 2.49 bits per heavy atom. The van der Waals surface area contributed by atoms with Crippen LogP contribution < -0.4 is 38.6 Å². The zero-order valence-corrected chi connectivity index (χ0v) is 22.7. The first kappa shape index (κ1) is 25.1. The first-order valence-corrected chi connectivity index (χ1v) is 12.5. The number of allylic oxidation sites excluding steroid dienone is 2. The molecule has 186 valence electrons. The molecule has 37 heavy (non-hydrogen) atoms. The van der Waals surface area contributed by atoms with Gasteiger partial charge in [-0.25, -0.2) is 9.36 Å². The van der Waals surface area contributed by atoms with Gasteiger partial charge in [-0.3, -0.25) is 4.79 Å². The zero-order valence-electron chi connectivity index (χ0n) is 20.5. The largest absolute Gasteiger partial charge is 1.00 e. The van der Waals surface area contributed by atoms with E-state index in [1.54, 1.807) is 12.1 Å². The van der Waals surface area contributed by atoms with Crippen molar-refractivity contribution in [2.75, 3.05) is 5.32 Å². The van der Waals surface area contributed by atoms with E-state index >= 15 is 0 Å². The molecule has 1 N–H and O–H groups in total. The molecule has 1 unspecified atom stereocenters. The number of anilines is 1. The second kappa shape index (κ2) is 10.5. The molecule has 0 saturated carbocycles. The number of ether oxygens (including phenoxy) is 1. The number of carbonyl (C=O) groups is 2. The molecule has 0 saturated heterocycles. The van der Waals surface area contributed by atoms with Gasteiger partial charge in [-0.05, 0) is 59.9 Å². The van der Waals surface area contributed by atoms with Gasteiger partial charge in [-0.1, -0.05) is 42.5 Å². The number of ketones is 1. The zero-order chi connectivity index (χ0) is 24.6. The average Bonchev–Trinajstić information content (AvgIpc) is 2.92. The molecule has 2 aliphatic rings. The number of nitrogens with one attached hydrogen (secondary N) is 1. The Hall–Kier alpha value is -3.52. The van der Waals surface area contributed by atoms with Crippen LogP contribution in [-0.2, 0) is 11.3 Å². The first-order chi connectivity index (χ1) is 17.6. The number of pyridine rings is 1. The lowest BCUT2D eigenvalue weighted by Crippen LogP contribution is -3.00. The summed E-state index contributed by atoms with van der Waals surface area (Å²) < 4.78 is 7.63. The molecule has 0 radical (unpaired) electrons. The molecule has 1 atom stereocenters. The van der Waals surface area contributed by atoms with Crippen LogP contribution in [0.25, 0.3) is 10.8 Å².